The van der Waals surface area contributed by atoms with Gasteiger partial charge in [-0.05, 0) is 23.5 Å². The molecule has 32 heavy (non-hydrogen) atoms. The summed E-state index contributed by atoms with van der Waals surface area (Å²) in [6.45, 7) is 7.13. The standard InChI is InChI=1S/C25H28N2O5/c1-5-14(4)21(24(30)26-20(13(2)3)25(31)32)27-23(29)18-12-8-11-17-19(18)15-9-6-7-10-16(15)22(17)28/h6-14,20-21H,5H2,1-4H3,(H,26,30)(H,27,29)(H,31,32). The Morgan fingerprint density at radius 3 is 2.09 bits per heavy atom. The summed E-state index contributed by atoms with van der Waals surface area (Å²) in [5.74, 6) is -2.83. The van der Waals surface area contributed by atoms with Crippen molar-refractivity contribution in [3.8, 4) is 11.1 Å². The third-order valence-corrected chi connectivity index (χ3v) is 6.01. The quantitative estimate of drug-likeness (QED) is 0.502. The Morgan fingerprint density at radius 2 is 1.50 bits per heavy atom. The highest BCUT2D eigenvalue weighted by atomic mass is 16.4. The Labute approximate surface area is 187 Å². The van der Waals surface area contributed by atoms with Crippen LogP contribution in [0.2, 0.25) is 0 Å². The van der Waals surface area contributed by atoms with Crippen LogP contribution in [0.15, 0.2) is 42.5 Å². The number of rotatable bonds is 8. The van der Waals surface area contributed by atoms with E-state index in [9.17, 15) is 24.3 Å². The van der Waals surface area contributed by atoms with E-state index in [-0.39, 0.29) is 17.6 Å². The van der Waals surface area contributed by atoms with E-state index in [1.807, 2.05) is 19.9 Å². The van der Waals surface area contributed by atoms with Crippen LogP contribution in [0.5, 0.6) is 0 Å². The number of aliphatic carboxylic acids is 1. The fraction of sp³-hybridized carbons (Fsp3) is 0.360. The Kier molecular flexibility index (Phi) is 6.77. The monoisotopic (exact) mass is 436 g/mol. The molecule has 0 aliphatic heterocycles. The van der Waals surface area contributed by atoms with Gasteiger partial charge in [0.1, 0.15) is 12.1 Å². The normalized spacial score (nSPS) is 14.8. The molecule has 1 aliphatic carbocycles. The molecule has 0 saturated heterocycles. The van der Waals surface area contributed by atoms with E-state index in [0.717, 1.165) is 0 Å². The highest BCUT2D eigenvalue weighted by Crippen LogP contribution is 2.38. The zero-order valence-electron chi connectivity index (χ0n) is 18.6. The van der Waals surface area contributed by atoms with Crippen molar-refractivity contribution >= 4 is 23.6 Å². The second-order valence-corrected chi connectivity index (χ2v) is 8.51. The molecule has 7 nitrogen and oxygen atoms in total. The van der Waals surface area contributed by atoms with Gasteiger partial charge in [0.15, 0.2) is 5.78 Å². The van der Waals surface area contributed by atoms with Gasteiger partial charge in [0, 0.05) is 22.3 Å². The molecule has 2 amide bonds. The summed E-state index contributed by atoms with van der Waals surface area (Å²) in [4.78, 5) is 50.5. The van der Waals surface area contributed by atoms with Crippen LogP contribution in [-0.2, 0) is 9.59 Å². The van der Waals surface area contributed by atoms with Crippen LogP contribution in [0.25, 0.3) is 11.1 Å². The maximum Gasteiger partial charge on any atom is 0.326 e. The Balaban J connectivity index is 1.92. The first-order valence-electron chi connectivity index (χ1n) is 10.8. The van der Waals surface area contributed by atoms with Crippen molar-refractivity contribution in [1.82, 2.24) is 10.6 Å². The van der Waals surface area contributed by atoms with Gasteiger partial charge in [-0.3, -0.25) is 14.4 Å². The number of hydrogen-bond acceptors (Lipinski definition) is 4. The van der Waals surface area contributed by atoms with Gasteiger partial charge >= 0.3 is 5.97 Å². The van der Waals surface area contributed by atoms with Crippen LogP contribution in [0.3, 0.4) is 0 Å². The minimum atomic E-state index is -1.13. The zero-order valence-corrected chi connectivity index (χ0v) is 18.6. The van der Waals surface area contributed by atoms with Crippen LogP contribution in [0.1, 0.15) is 60.4 Å². The van der Waals surface area contributed by atoms with Gasteiger partial charge in [0.2, 0.25) is 5.91 Å². The molecule has 0 bridgehead atoms. The first kappa shape index (κ1) is 23.2. The molecule has 2 aromatic rings. The predicted molar refractivity (Wildman–Crippen MR) is 120 cm³/mol. The highest BCUT2D eigenvalue weighted by molar-refractivity contribution is 6.24. The number of carboxylic acids is 1. The number of hydrogen-bond donors (Lipinski definition) is 3. The van der Waals surface area contributed by atoms with Gasteiger partial charge in [0.05, 0.1) is 0 Å². The lowest BCUT2D eigenvalue weighted by molar-refractivity contribution is -0.143. The first-order valence-corrected chi connectivity index (χ1v) is 10.8. The predicted octanol–water partition coefficient (Wildman–Crippen LogP) is 3.27. The lowest BCUT2D eigenvalue weighted by Gasteiger charge is -2.27. The summed E-state index contributed by atoms with van der Waals surface area (Å²) in [7, 11) is 0. The largest absolute Gasteiger partial charge is 0.480 e. The maximum absolute atomic E-state index is 13.3. The number of carboxylic acid groups (broad SMARTS) is 1. The molecular formula is C25H28N2O5. The van der Waals surface area contributed by atoms with E-state index in [1.165, 1.54) is 0 Å². The van der Waals surface area contributed by atoms with Crippen molar-refractivity contribution in [1.29, 1.82) is 0 Å². The van der Waals surface area contributed by atoms with Crippen molar-refractivity contribution in [2.75, 3.05) is 0 Å². The molecule has 7 heteroatoms. The van der Waals surface area contributed by atoms with E-state index in [1.54, 1.807) is 50.2 Å². The second-order valence-electron chi connectivity index (χ2n) is 8.51. The third kappa shape index (κ3) is 4.28. The molecule has 1 aliphatic rings. The van der Waals surface area contributed by atoms with Gasteiger partial charge in [-0.25, -0.2) is 4.79 Å². The maximum atomic E-state index is 13.3. The summed E-state index contributed by atoms with van der Waals surface area (Å²) in [5.41, 5.74) is 2.54. The number of carbonyl (C=O) groups excluding carboxylic acids is 3. The number of fused-ring (bicyclic) bond motifs is 3. The average Bonchev–Trinajstić information content (AvgIpc) is 3.07. The van der Waals surface area contributed by atoms with E-state index >= 15 is 0 Å². The van der Waals surface area contributed by atoms with Gasteiger partial charge < -0.3 is 15.7 Å². The van der Waals surface area contributed by atoms with Gasteiger partial charge in [-0.2, -0.15) is 0 Å². The van der Waals surface area contributed by atoms with Crippen molar-refractivity contribution < 1.29 is 24.3 Å². The van der Waals surface area contributed by atoms with E-state index < -0.39 is 29.9 Å². The smallest absolute Gasteiger partial charge is 0.326 e. The SMILES string of the molecule is CCC(C)C(NC(=O)c1cccc2c1-c1ccccc1C2=O)C(=O)NC(C(=O)O)C(C)C. The molecule has 3 unspecified atom stereocenters. The summed E-state index contributed by atoms with van der Waals surface area (Å²) >= 11 is 0. The Morgan fingerprint density at radius 1 is 0.875 bits per heavy atom. The number of nitrogens with one attached hydrogen (secondary N) is 2. The molecule has 0 heterocycles. The molecule has 3 atom stereocenters. The minimum absolute atomic E-state index is 0.136. The molecular weight excluding hydrogens is 408 g/mol. The first-order chi connectivity index (χ1) is 15.2. The molecule has 0 aromatic heterocycles. The molecule has 3 rings (SSSR count). The van der Waals surface area contributed by atoms with Gasteiger partial charge in [-0.1, -0.05) is 70.5 Å². The van der Waals surface area contributed by atoms with Crippen molar-refractivity contribution in [2.24, 2.45) is 11.8 Å². The average molecular weight is 437 g/mol. The Bertz CT molecular complexity index is 1080. The second kappa shape index (κ2) is 9.34. The molecule has 2 aromatic carbocycles. The fourth-order valence-electron chi connectivity index (χ4n) is 3.94. The lowest BCUT2D eigenvalue weighted by atomic mass is 9.95. The molecule has 0 radical (unpaired) electrons. The van der Waals surface area contributed by atoms with Crippen molar-refractivity contribution in [2.45, 2.75) is 46.2 Å². The summed E-state index contributed by atoms with van der Waals surface area (Å²) in [6.07, 6.45) is 0.603. The summed E-state index contributed by atoms with van der Waals surface area (Å²) in [5, 5.41) is 14.8. The number of amides is 2. The van der Waals surface area contributed by atoms with Crippen LogP contribution in [-0.4, -0.2) is 40.8 Å². The number of carbonyl (C=O) groups is 4. The molecule has 168 valence electrons. The van der Waals surface area contributed by atoms with E-state index in [0.29, 0.717) is 34.2 Å². The van der Waals surface area contributed by atoms with E-state index in [4.69, 9.17) is 0 Å². The molecule has 3 N–H and O–H groups in total. The van der Waals surface area contributed by atoms with Gasteiger partial charge in [-0.15, -0.1) is 0 Å². The lowest BCUT2D eigenvalue weighted by Crippen LogP contribution is -2.55. The molecule has 0 saturated carbocycles. The summed E-state index contributed by atoms with van der Waals surface area (Å²) in [6, 6.07) is 10.1. The number of benzene rings is 2. The zero-order chi connectivity index (χ0) is 23.6. The topological polar surface area (TPSA) is 113 Å². The van der Waals surface area contributed by atoms with Crippen molar-refractivity contribution in [3.05, 3.63) is 59.2 Å². The van der Waals surface area contributed by atoms with Gasteiger partial charge in [0.25, 0.3) is 5.91 Å². The van der Waals surface area contributed by atoms with Crippen LogP contribution >= 0.6 is 0 Å². The molecule has 0 fully saturated rings. The fourth-order valence-corrected chi connectivity index (χ4v) is 3.94. The third-order valence-electron chi connectivity index (χ3n) is 6.01. The highest BCUT2D eigenvalue weighted by Gasteiger charge is 2.34. The van der Waals surface area contributed by atoms with Crippen molar-refractivity contribution in [3.63, 3.8) is 0 Å². The Hall–Kier alpha value is -3.48. The minimum Gasteiger partial charge on any atom is -0.480 e. The van der Waals surface area contributed by atoms with Crippen LogP contribution in [0.4, 0.5) is 0 Å². The number of ketones is 1. The van der Waals surface area contributed by atoms with E-state index in [2.05, 4.69) is 10.6 Å². The van der Waals surface area contributed by atoms with Crippen LogP contribution in [0, 0.1) is 11.8 Å². The summed E-state index contributed by atoms with van der Waals surface area (Å²) < 4.78 is 0. The molecule has 0 spiro atoms. The van der Waals surface area contributed by atoms with Crippen LogP contribution < -0.4 is 10.6 Å².